The third kappa shape index (κ3) is 3.92. The number of pyridine rings is 1. The summed E-state index contributed by atoms with van der Waals surface area (Å²) in [5.41, 5.74) is 1.58. The van der Waals surface area contributed by atoms with Gasteiger partial charge in [-0.2, -0.15) is 0 Å². The van der Waals surface area contributed by atoms with Crippen LogP contribution in [0.15, 0.2) is 30.5 Å². The van der Waals surface area contributed by atoms with E-state index in [9.17, 15) is 4.79 Å². The second kappa shape index (κ2) is 6.85. The normalized spacial score (nSPS) is 9.70. The highest BCUT2D eigenvalue weighted by molar-refractivity contribution is 7.14. The molecule has 0 aromatic carbocycles. The molecular weight excluding hydrogens is 272 g/mol. The van der Waals surface area contributed by atoms with Crippen molar-refractivity contribution in [3.05, 3.63) is 45.9 Å². The van der Waals surface area contributed by atoms with Crippen molar-refractivity contribution in [3.8, 4) is 11.8 Å². The van der Waals surface area contributed by atoms with E-state index in [1.807, 2.05) is 19.1 Å². The van der Waals surface area contributed by atoms with Crippen LogP contribution in [-0.2, 0) is 0 Å². The zero-order chi connectivity index (χ0) is 14.4. The molecule has 102 valence electrons. The van der Waals surface area contributed by atoms with Gasteiger partial charge in [-0.1, -0.05) is 11.8 Å². The number of anilines is 1. The van der Waals surface area contributed by atoms with E-state index in [0.717, 1.165) is 16.3 Å². The third-order valence-electron chi connectivity index (χ3n) is 2.43. The Morgan fingerprint density at radius 3 is 3.05 bits per heavy atom. The van der Waals surface area contributed by atoms with Crippen LogP contribution in [0.3, 0.4) is 0 Å². The monoisotopic (exact) mass is 286 g/mol. The molecule has 0 saturated heterocycles. The molecule has 1 amide bonds. The van der Waals surface area contributed by atoms with E-state index in [2.05, 4.69) is 22.1 Å². The lowest BCUT2D eigenvalue weighted by atomic mass is 10.3. The van der Waals surface area contributed by atoms with Crippen LogP contribution in [0.1, 0.15) is 26.7 Å². The van der Waals surface area contributed by atoms with Crippen molar-refractivity contribution in [2.45, 2.75) is 13.3 Å². The molecule has 0 bridgehead atoms. The first-order chi connectivity index (χ1) is 9.69. The van der Waals surface area contributed by atoms with E-state index in [0.29, 0.717) is 11.3 Å². The van der Waals surface area contributed by atoms with Gasteiger partial charge in [-0.15, -0.1) is 11.3 Å². The number of rotatable bonds is 3. The number of hydrogen-bond acceptors (Lipinski definition) is 4. The minimum Gasteiger partial charge on any atom is -0.395 e. The molecule has 2 N–H and O–H groups in total. The summed E-state index contributed by atoms with van der Waals surface area (Å²) < 4.78 is 0. The van der Waals surface area contributed by atoms with Crippen LogP contribution in [0.4, 0.5) is 5.69 Å². The second-order valence-corrected chi connectivity index (χ2v) is 5.16. The number of aliphatic hydroxyl groups excluding tert-OH is 1. The average molecular weight is 286 g/mol. The average Bonchev–Trinajstić information content (AvgIpc) is 2.88. The lowest BCUT2D eigenvalue weighted by molar-refractivity contribution is 0.103. The lowest BCUT2D eigenvalue weighted by Gasteiger charge is -2.03. The van der Waals surface area contributed by atoms with Crippen molar-refractivity contribution in [2.75, 3.05) is 11.9 Å². The molecule has 0 aliphatic rings. The molecule has 2 rings (SSSR count). The lowest BCUT2D eigenvalue weighted by Crippen LogP contribution is -2.10. The molecule has 20 heavy (non-hydrogen) atoms. The van der Waals surface area contributed by atoms with Crippen LogP contribution in [0.5, 0.6) is 0 Å². The largest absolute Gasteiger partial charge is 0.395 e. The highest BCUT2D eigenvalue weighted by Gasteiger charge is 2.09. The number of aromatic nitrogens is 1. The maximum atomic E-state index is 12.1. The fourth-order valence-electron chi connectivity index (χ4n) is 1.55. The van der Waals surface area contributed by atoms with Gasteiger partial charge in [0.15, 0.2) is 0 Å². The molecule has 0 radical (unpaired) electrons. The van der Waals surface area contributed by atoms with Crippen molar-refractivity contribution in [1.82, 2.24) is 4.98 Å². The Labute approximate surface area is 121 Å². The Balaban J connectivity index is 2.05. The van der Waals surface area contributed by atoms with Gasteiger partial charge in [-0.3, -0.25) is 9.78 Å². The Morgan fingerprint density at radius 2 is 2.30 bits per heavy atom. The molecule has 0 unspecified atom stereocenters. The number of amides is 1. The molecule has 0 fully saturated rings. The Morgan fingerprint density at radius 1 is 1.45 bits per heavy atom. The standard InChI is InChI=1S/C15H14N2O2S/c1-11-10-12(7-8-16-11)17-15(19)14-6-5-13(20-14)4-2-3-9-18/h5-8,10,18H,3,9H2,1H3,(H,16,17,19). The first kappa shape index (κ1) is 14.3. The van der Waals surface area contributed by atoms with Gasteiger partial charge in [0.1, 0.15) is 0 Å². The quantitative estimate of drug-likeness (QED) is 0.852. The van der Waals surface area contributed by atoms with E-state index >= 15 is 0 Å². The number of nitrogens with one attached hydrogen (secondary N) is 1. The van der Waals surface area contributed by atoms with Crippen molar-refractivity contribution < 1.29 is 9.90 Å². The Bertz CT molecular complexity index is 668. The predicted octanol–water partition coefficient (Wildman–Crippen LogP) is 2.44. The molecule has 0 saturated carbocycles. The highest BCUT2D eigenvalue weighted by Crippen LogP contribution is 2.17. The number of aliphatic hydroxyl groups is 1. The minimum absolute atomic E-state index is 0.0487. The molecule has 0 aliphatic heterocycles. The third-order valence-corrected chi connectivity index (χ3v) is 3.43. The maximum absolute atomic E-state index is 12.1. The van der Waals surface area contributed by atoms with E-state index in [1.54, 1.807) is 18.3 Å². The zero-order valence-corrected chi connectivity index (χ0v) is 11.8. The topological polar surface area (TPSA) is 62.2 Å². The van der Waals surface area contributed by atoms with E-state index in [1.165, 1.54) is 11.3 Å². The maximum Gasteiger partial charge on any atom is 0.265 e. The number of nitrogens with zero attached hydrogens (tertiary/aromatic N) is 1. The van der Waals surface area contributed by atoms with Gasteiger partial charge in [0, 0.05) is 24.0 Å². The van der Waals surface area contributed by atoms with Gasteiger partial charge in [0.25, 0.3) is 5.91 Å². The SMILES string of the molecule is Cc1cc(NC(=O)c2ccc(C#CCCO)s2)ccn1. The van der Waals surface area contributed by atoms with Crippen LogP contribution >= 0.6 is 11.3 Å². The van der Waals surface area contributed by atoms with Gasteiger partial charge in [-0.05, 0) is 31.2 Å². The molecule has 0 atom stereocenters. The summed E-state index contributed by atoms with van der Waals surface area (Å²) in [6, 6.07) is 7.12. The molecule has 4 nitrogen and oxygen atoms in total. The second-order valence-electron chi connectivity index (χ2n) is 4.08. The van der Waals surface area contributed by atoms with Crippen LogP contribution in [-0.4, -0.2) is 22.6 Å². The van der Waals surface area contributed by atoms with Crippen LogP contribution < -0.4 is 5.32 Å². The summed E-state index contributed by atoms with van der Waals surface area (Å²) >= 11 is 1.33. The van der Waals surface area contributed by atoms with E-state index < -0.39 is 0 Å². The summed E-state index contributed by atoms with van der Waals surface area (Å²) in [4.78, 5) is 17.6. The number of thiophene rings is 1. The van der Waals surface area contributed by atoms with Crippen LogP contribution in [0.2, 0.25) is 0 Å². The molecule has 0 aliphatic carbocycles. The summed E-state index contributed by atoms with van der Waals surface area (Å²) in [7, 11) is 0. The fourth-order valence-corrected chi connectivity index (χ4v) is 2.32. The summed E-state index contributed by atoms with van der Waals surface area (Å²) in [6.07, 6.45) is 2.10. The van der Waals surface area contributed by atoms with E-state index in [4.69, 9.17) is 5.11 Å². The number of hydrogen-bond donors (Lipinski definition) is 2. The van der Waals surface area contributed by atoms with Gasteiger partial charge < -0.3 is 10.4 Å². The zero-order valence-electron chi connectivity index (χ0n) is 11.0. The van der Waals surface area contributed by atoms with Crippen LogP contribution in [0.25, 0.3) is 0 Å². The molecule has 2 aromatic rings. The first-order valence-electron chi connectivity index (χ1n) is 6.12. The number of carbonyl (C=O) groups is 1. The molecule has 0 spiro atoms. The van der Waals surface area contributed by atoms with Gasteiger partial charge in [0.2, 0.25) is 0 Å². The first-order valence-corrected chi connectivity index (χ1v) is 6.94. The molecular formula is C15H14N2O2S. The minimum atomic E-state index is -0.157. The predicted molar refractivity (Wildman–Crippen MR) is 79.8 cm³/mol. The summed E-state index contributed by atoms with van der Waals surface area (Å²) in [6.45, 7) is 1.92. The van der Waals surface area contributed by atoms with Crippen molar-refractivity contribution >= 4 is 22.9 Å². The Hall–Kier alpha value is -2.16. The van der Waals surface area contributed by atoms with Gasteiger partial charge >= 0.3 is 0 Å². The molecule has 5 heteroatoms. The Kier molecular flexibility index (Phi) is 4.88. The highest BCUT2D eigenvalue weighted by atomic mass is 32.1. The van der Waals surface area contributed by atoms with Gasteiger partial charge in [-0.25, -0.2) is 0 Å². The molecule has 2 heterocycles. The summed E-state index contributed by atoms with van der Waals surface area (Å²) in [5, 5.41) is 11.5. The summed E-state index contributed by atoms with van der Waals surface area (Å²) in [5.74, 6) is 5.59. The van der Waals surface area contributed by atoms with Gasteiger partial charge in [0.05, 0.1) is 16.4 Å². The van der Waals surface area contributed by atoms with Crippen molar-refractivity contribution in [3.63, 3.8) is 0 Å². The van der Waals surface area contributed by atoms with Crippen molar-refractivity contribution in [2.24, 2.45) is 0 Å². The van der Waals surface area contributed by atoms with Crippen LogP contribution in [0, 0.1) is 18.8 Å². The number of aryl methyl sites for hydroxylation is 1. The fraction of sp³-hybridized carbons (Fsp3) is 0.200. The molecule has 2 aromatic heterocycles. The van der Waals surface area contributed by atoms with E-state index in [-0.39, 0.29) is 12.5 Å². The number of carbonyl (C=O) groups excluding carboxylic acids is 1. The smallest absolute Gasteiger partial charge is 0.265 e. The van der Waals surface area contributed by atoms with Crippen molar-refractivity contribution in [1.29, 1.82) is 0 Å².